The lowest BCUT2D eigenvalue weighted by Crippen LogP contribution is -2.54. The quantitative estimate of drug-likeness (QED) is 0.883. The summed E-state index contributed by atoms with van der Waals surface area (Å²) in [6.45, 7) is 0.234. The van der Waals surface area contributed by atoms with Gasteiger partial charge in [0.25, 0.3) is 0 Å². The van der Waals surface area contributed by atoms with Crippen LogP contribution in [0.4, 0.5) is 9.59 Å². The molecule has 1 aromatic rings. The molecule has 20 heavy (non-hydrogen) atoms. The highest BCUT2D eigenvalue weighted by Crippen LogP contribution is 2.24. The largest absolute Gasteiger partial charge is 0.465 e. The van der Waals surface area contributed by atoms with Gasteiger partial charge in [0, 0.05) is 19.1 Å². The van der Waals surface area contributed by atoms with Crippen LogP contribution in [0.15, 0.2) is 30.3 Å². The van der Waals surface area contributed by atoms with Gasteiger partial charge in [-0.2, -0.15) is 0 Å². The fourth-order valence-corrected chi connectivity index (χ4v) is 2.11. The highest BCUT2D eigenvalue weighted by Gasteiger charge is 2.35. The molecule has 6 nitrogen and oxygen atoms in total. The van der Waals surface area contributed by atoms with Crippen LogP contribution >= 0.6 is 0 Å². The van der Waals surface area contributed by atoms with E-state index in [-0.39, 0.29) is 18.7 Å². The Morgan fingerprint density at radius 1 is 1.35 bits per heavy atom. The van der Waals surface area contributed by atoms with Crippen molar-refractivity contribution in [3.05, 3.63) is 35.9 Å². The molecule has 1 aliphatic rings. The molecular formula is C14H18N2O4. The van der Waals surface area contributed by atoms with E-state index in [9.17, 15) is 9.59 Å². The summed E-state index contributed by atoms with van der Waals surface area (Å²) >= 11 is 0. The van der Waals surface area contributed by atoms with Gasteiger partial charge < -0.3 is 20.1 Å². The maximum Gasteiger partial charge on any atom is 0.407 e. The Morgan fingerprint density at radius 3 is 2.60 bits per heavy atom. The number of nitrogens with one attached hydrogen (secondary N) is 1. The molecule has 0 unspecified atom stereocenters. The molecule has 0 radical (unpaired) electrons. The Kier molecular flexibility index (Phi) is 4.45. The van der Waals surface area contributed by atoms with E-state index in [1.54, 1.807) is 0 Å². The second-order valence-electron chi connectivity index (χ2n) is 4.92. The van der Waals surface area contributed by atoms with E-state index < -0.39 is 12.2 Å². The van der Waals surface area contributed by atoms with Gasteiger partial charge in [-0.3, -0.25) is 0 Å². The Bertz CT molecular complexity index is 471. The number of alkyl carbamates (subject to hydrolysis) is 1. The van der Waals surface area contributed by atoms with Crippen molar-refractivity contribution in [2.45, 2.75) is 31.5 Å². The van der Waals surface area contributed by atoms with Crippen LogP contribution in [0.2, 0.25) is 0 Å². The Hall–Kier alpha value is -2.24. The number of carboxylic acid groups (broad SMARTS) is 1. The average Bonchev–Trinajstić information content (AvgIpc) is 2.40. The fourth-order valence-electron chi connectivity index (χ4n) is 2.11. The van der Waals surface area contributed by atoms with E-state index >= 15 is 0 Å². The Balaban J connectivity index is 1.66. The molecule has 0 atom stereocenters. The number of benzene rings is 1. The molecule has 0 bridgehead atoms. The number of carbonyl (C=O) groups excluding carboxylic acids is 1. The molecule has 1 fully saturated rings. The van der Waals surface area contributed by atoms with E-state index in [0.717, 1.165) is 5.56 Å². The van der Waals surface area contributed by atoms with Gasteiger partial charge in [-0.15, -0.1) is 0 Å². The highest BCUT2D eigenvalue weighted by atomic mass is 16.5. The minimum absolute atomic E-state index is 0.00919. The van der Waals surface area contributed by atoms with Crippen molar-refractivity contribution in [3.63, 3.8) is 0 Å². The first-order valence-corrected chi connectivity index (χ1v) is 6.49. The van der Waals surface area contributed by atoms with Gasteiger partial charge in [-0.25, -0.2) is 9.59 Å². The minimum atomic E-state index is -0.944. The Labute approximate surface area is 117 Å². The van der Waals surface area contributed by atoms with Crippen molar-refractivity contribution in [1.82, 2.24) is 10.2 Å². The summed E-state index contributed by atoms with van der Waals surface area (Å²) < 4.78 is 5.10. The van der Waals surface area contributed by atoms with Gasteiger partial charge in [-0.1, -0.05) is 30.3 Å². The molecule has 2 amide bonds. The van der Waals surface area contributed by atoms with Crippen LogP contribution in [0.5, 0.6) is 0 Å². The summed E-state index contributed by atoms with van der Waals surface area (Å²) in [6.07, 6.45) is -0.151. The van der Waals surface area contributed by atoms with Gasteiger partial charge in [0.05, 0.1) is 0 Å². The van der Waals surface area contributed by atoms with Crippen molar-refractivity contribution in [2.75, 3.05) is 7.05 Å². The second kappa shape index (κ2) is 6.27. The van der Waals surface area contributed by atoms with Crippen molar-refractivity contribution in [3.8, 4) is 0 Å². The second-order valence-corrected chi connectivity index (χ2v) is 4.92. The van der Waals surface area contributed by atoms with E-state index in [4.69, 9.17) is 9.84 Å². The topological polar surface area (TPSA) is 78.9 Å². The van der Waals surface area contributed by atoms with Crippen molar-refractivity contribution in [1.29, 1.82) is 0 Å². The molecule has 2 rings (SSSR count). The summed E-state index contributed by atoms with van der Waals surface area (Å²) in [5, 5.41) is 11.5. The number of hydrogen-bond acceptors (Lipinski definition) is 3. The lowest BCUT2D eigenvalue weighted by atomic mass is 9.86. The van der Waals surface area contributed by atoms with Crippen LogP contribution < -0.4 is 5.32 Å². The predicted octanol–water partition coefficient (Wildman–Crippen LogP) is 2.05. The first-order chi connectivity index (χ1) is 9.56. The zero-order valence-corrected chi connectivity index (χ0v) is 11.3. The van der Waals surface area contributed by atoms with Crippen molar-refractivity contribution >= 4 is 12.2 Å². The van der Waals surface area contributed by atoms with Gasteiger partial charge in [-0.05, 0) is 18.4 Å². The molecular weight excluding hydrogens is 260 g/mol. The molecule has 0 aromatic heterocycles. The van der Waals surface area contributed by atoms with Crippen LogP contribution in [-0.4, -0.2) is 41.3 Å². The van der Waals surface area contributed by atoms with Crippen molar-refractivity contribution in [2.24, 2.45) is 0 Å². The number of nitrogens with zero attached hydrogens (tertiary/aromatic N) is 1. The molecule has 0 aliphatic heterocycles. The van der Waals surface area contributed by atoms with Crippen LogP contribution in [0.25, 0.3) is 0 Å². The van der Waals surface area contributed by atoms with Crippen LogP contribution in [-0.2, 0) is 11.3 Å². The third kappa shape index (κ3) is 3.63. The lowest BCUT2D eigenvalue weighted by molar-refractivity contribution is 0.0890. The molecule has 1 aliphatic carbocycles. The summed E-state index contributed by atoms with van der Waals surface area (Å²) in [5.74, 6) is 0. The van der Waals surface area contributed by atoms with E-state index in [1.807, 2.05) is 30.3 Å². The molecule has 0 saturated heterocycles. The van der Waals surface area contributed by atoms with E-state index in [0.29, 0.717) is 12.8 Å². The smallest absolute Gasteiger partial charge is 0.407 e. The first-order valence-electron chi connectivity index (χ1n) is 6.49. The normalized spacial score (nSPS) is 20.6. The number of rotatable bonds is 4. The molecule has 0 heterocycles. The Morgan fingerprint density at radius 2 is 2.00 bits per heavy atom. The summed E-state index contributed by atoms with van der Waals surface area (Å²) in [6, 6.07) is 9.40. The molecule has 1 saturated carbocycles. The molecule has 1 aromatic carbocycles. The predicted molar refractivity (Wildman–Crippen MR) is 72.4 cm³/mol. The third-order valence-corrected chi connectivity index (χ3v) is 3.50. The standard InChI is InChI=1S/C14H18N2O4/c1-16(14(18)19)12-7-11(8-12)15-13(17)20-9-10-5-3-2-4-6-10/h2-6,11-12H,7-9H2,1H3,(H,15,17)(H,18,19). The molecule has 108 valence electrons. The highest BCUT2D eigenvalue weighted by molar-refractivity contribution is 5.68. The maximum absolute atomic E-state index is 11.6. The maximum atomic E-state index is 11.6. The SMILES string of the molecule is CN(C(=O)O)C1CC(NC(=O)OCc2ccccc2)C1. The van der Waals surface area contributed by atoms with Gasteiger partial charge >= 0.3 is 12.2 Å². The van der Waals surface area contributed by atoms with Gasteiger partial charge in [0.15, 0.2) is 0 Å². The first kappa shape index (κ1) is 14.2. The van der Waals surface area contributed by atoms with E-state index in [1.165, 1.54) is 11.9 Å². The van der Waals surface area contributed by atoms with Crippen LogP contribution in [0, 0.1) is 0 Å². The number of carbonyl (C=O) groups is 2. The fraction of sp³-hybridized carbons (Fsp3) is 0.429. The average molecular weight is 278 g/mol. The zero-order valence-electron chi connectivity index (χ0n) is 11.3. The van der Waals surface area contributed by atoms with Gasteiger partial charge in [0.1, 0.15) is 6.61 Å². The molecule has 2 N–H and O–H groups in total. The molecule has 6 heteroatoms. The van der Waals surface area contributed by atoms with Crippen LogP contribution in [0.3, 0.4) is 0 Å². The number of amides is 2. The molecule has 0 spiro atoms. The van der Waals surface area contributed by atoms with E-state index in [2.05, 4.69) is 5.32 Å². The number of hydrogen-bond donors (Lipinski definition) is 2. The summed E-state index contributed by atoms with van der Waals surface area (Å²) in [4.78, 5) is 23.6. The van der Waals surface area contributed by atoms with Gasteiger partial charge in [0.2, 0.25) is 0 Å². The van der Waals surface area contributed by atoms with Crippen LogP contribution in [0.1, 0.15) is 18.4 Å². The summed E-state index contributed by atoms with van der Waals surface area (Å²) in [5.41, 5.74) is 0.930. The monoisotopic (exact) mass is 278 g/mol. The third-order valence-electron chi connectivity index (χ3n) is 3.50. The lowest BCUT2D eigenvalue weighted by Gasteiger charge is -2.39. The minimum Gasteiger partial charge on any atom is -0.465 e. The zero-order chi connectivity index (χ0) is 14.5. The summed E-state index contributed by atoms with van der Waals surface area (Å²) in [7, 11) is 1.54. The van der Waals surface area contributed by atoms with Crippen molar-refractivity contribution < 1.29 is 19.4 Å². The number of ether oxygens (including phenoxy) is 1.